The summed E-state index contributed by atoms with van der Waals surface area (Å²) < 4.78 is 0. The van der Waals surface area contributed by atoms with Gasteiger partial charge in [0.2, 0.25) is 0 Å². The number of nitrogens with one attached hydrogen (secondary N) is 1. The summed E-state index contributed by atoms with van der Waals surface area (Å²) in [6.45, 7) is 9.12. The van der Waals surface area contributed by atoms with E-state index >= 15 is 0 Å². The van der Waals surface area contributed by atoms with E-state index in [-0.39, 0.29) is 5.54 Å². The summed E-state index contributed by atoms with van der Waals surface area (Å²) in [6.07, 6.45) is 4.05. The van der Waals surface area contributed by atoms with Crippen LogP contribution in [0.25, 0.3) is 0 Å². The van der Waals surface area contributed by atoms with Gasteiger partial charge in [0, 0.05) is 11.6 Å². The number of piperidine rings is 1. The number of nitrogens with zero attached hydrogens (tertiary/aromatic N) is 1. The maximum atomic E-state index is 5.49. The first kappa shape index (κ1) is 11.0. The minimum atomic E-state index is 0.176. The molecule has 1 aliphatic rings. The van der Waals surface area contributed by atoms with Gasteiger partial charge in [0.1, 0.15) is 0 Å². The van der Waals surface area contributed by atoms with Gasteiger partial charge in [-0.15, -0.1) is 0 Å². The Kier molecular flexibility index (Phi) is 3.71. The van der Waals surface area contributed by atoms with Crippen molar-refractivity contribution < 1.29 is 0 Å². The highest BCUT2D eigenvalue weighted by Gasteiger charge is 2.32. The van der Waals surface area contributed by atoms with E-state index < -0.39 is 0 Å². The second-order valence-corrected chi connectivity index (χ2v) is 4.59. The third kappa shape index (κ3) is 2.42. The normalized spacial score (nSPS) is 23.1. The molecule has 3 N–H and O–H groups in total. The van der Waals surface area contributed by atoms with Gasteiger partial charge in [-0.05, 0) is 46.7 Å². The fourth-order valence-electron chi connectivity index (χ4n) is 1.95. The minimum Gasteiger partial charge on any atom is -0.297 e. The van der Waals surface area contributed by atoms with Crippen molar-refractivity contribution in [3.8, 4) is 0 Å². The summed E-state index contributed by atoms with van der Waals surface area (Å²) in [5.41, 5.74) is 3.04. The molecule has 0 aliphatic carbocycles. The molecule has 3 heteroatoms. The van der Waals surface area contributed by atoms with E-state index in [1.54, 1.807) is 0 Å². The second kappa shape index (κ2) is 4.40. The van der Waals surface area contributed by atoms with Crippen LogP contribution in [0.15, 0.2) is 0 Å². The van der Waals surface area contributed by atoms with Crippen molar-refractivity contribution in [1.29, 1.82) is 0 Å². The van der Waals surface area contributed by atoms with Crippen LogP contribution < -0.4 is 11.3 Å². The first-order chi connectivity index (χ1) is 6.09. The van der Waals surface area contributed by atoms with Crippen molar-refractivity contribution in [3.05, 3.63) is 0 Å². The van der Waals surface area contributed by atoms with Gasteiger partial charge in [0.15, 0.2) is 0 Å². The molecule has 0 aromatic rings. The van der Waals surface area contributed by atoms with E-state index in [0.29, 0.717) is 6.04 Å². The van der Waals surface area contributed by atoms with Crippen LogP contribution in [0.4, 0.5) is 0 Å². The van der Waals surface area contributed by atoms with Crippen LogP contribution in [-0.4, -0.2) is 29.6 Å². The van der Waals surface area contributed by atoms with E-state index in [1.165, 1.54) is 32.4 Å². The lowest BCUT2D eigenvalue weighted by Gasteiger charge is -2.44. The highest BCUT2D eigenvalue weighted by atomic mass is 15.3. The molecule has 0 spiro atoms. The first-order valence-corrected chi connectivity index (χ1v) is 5.30. The molecule has 0 saturated carbocycles. The molecule has 0 aromatic heterocycles. The molecule has 1 aliphatic heterocycles. The SMILES string of the molecule is CC(NN)C(C)(C)N1CCCCC1. The Balaban J connectivity index is 2.55. The highest BCUT2D eigenvalue weighted by Crippen LogP contribution is 2.23. The summed E-state index contributed by atoms with van der Waals surface area (Å²) in [6, 6.07) is 0.339. The average Bonchev–Trinajstić information content (AvgIpc) is 2.18. The monoisotopic (exact) mass is 185 g/mol. The Morgan fingerprint density at radius 1 is 1.23 bits per heavy atom. The van der Waals surface area contributed by atoms with Crippen molar-refractivity contribution in [1.82, 2.24) is 10.3 Å². The predicted octanol–water partition coefficient (Wildman–Crippen LogP) is 1.10. The van der Waals surface area contributed by atoms with Crippen molar-refractivity contribution in [2.24, 2.45) is 5.84 Å². The van der Waals surface area contributed by atoms with Gasteiger partial charge in [-0.2, -0.15) is 0 Å². The molecule has 0 amide bonds. The van der Waals surface area contributed by atoms with E-state index in [2.05, 4.69) is 31.1 Å². The zero-order valence-corrected chi connectivity index (χ0v) is 9.14. The second-order valence-electron chi connectivity index (χ2n) is 4.59. The molecule has 78 valence electrons. The Bertz CT molecular complexity index is 150. The topological polar surface area (TPSA) is 41.3 Å². The zero-order chi connectivity index (χ0) is 9.90. The molecule has 1 unspecified atom stereocenters. The zero-order valence-electron chi connectivity index (χ0n) is 9.14. The number of hydrazine groups is 1. The van der Waals surface area contributed by atoms with Crippen molar-refractivity contribution in [2.75, 3.05) is 13.1 Å². The highest BCUT2D eigenvalue weighted by molar-refractivity contribution is 4.91. The number of likely N-dealkylation sites (tertiary alicyclic amines) is 1. The van der Waals surface area contributed by atoms with Gasteiger partial charge in [-0.3, -0.25) is 16.2 Å². The standard InChI is InChI=1S/C10H23N3/c1-9(12-11)10(2,3)13-7-5-4-6-8-13/h9,12H,4-8,11H2,1-3H3. The first-order valence-electron chi connectivity index (χ1n) is 5.30. The Morgan fingerprint density at radius 3 is 2.23 bits per heavy atom. The van der Waals surface area contributed by atoms with E-state index in [9.17, 15) is 0 Å². The molecule has 0 radical (unpaired) electrons. The van der Waals surface area contributed by atoms with Gasteiger partial charge in [-0.1, -0.05) is 6.42 Å². The molecule has 1 saturated heterocycles. The van der Waals surface area contributed by atoms with E-state index in [1.807, 2.05) is 0 Å². The molecule has 0 aromatic carbocycles. The summed E-state index contributed by atoms with van der Waals surface area (Å²) in [4.78, 5) is 2.54. The van der Waals surface area contributed by atoms with Crippen molar-refractivity contribution >= 4 is 0 Å². The lowest BCUT2D eigenvalue weighted by atomic mass is 9.92. The average molecular weight is 185 g/mol. The predicted molar refractivity (Wildman–Crippen MR) is 56.3 cm³/mol. The van der Waals surface area contributed by atoms with Gasteiger partial charge < -0.3 is 0 Å². The van der Waals surface area contributed by atoms with Crippen molar-refractivity contribution in [2.45, 2.75) is 51.6 Å². The van der Waals surface area contributed by atoms with Crippen LogP contribution in [0.1, 0.15) is 40.0 Å². The van der Waals surface area contributed by atoms with Crippen LogP contribution in [-0.2, 0) is 0 Å². The smallest absolute Gasteiger partial charge is 0.0361 e. The summed E-state index contributed by atoms with van der Waals surface area (Å²) in [5, 5.41) is 0. The number of rotatable bonds is 3. The molecule has 1 fully saturated rings. The molecule has 1 heterocycles. The molecule has 1 atom stereocenters. The lowest BCUT2D eigenvalue weighted by molar-refractivity contribution is 0.0668. The molecular weight excluding hydrogens is 162 g/mol. The van der Waals surface area contributed by atoms with Crippen LogP contribution in [0.5, 0.6) is 0 Å². The minimum absolute atomic E-state index is 0.176. The maximum absolute atomic E-state index is 5.49. The van der Waals surface area contributed by atoms with Crippen LogP contribution in [0, 0.1) is 0 Å². The van der Waals surface area contributed by atoms with Gasteiger partial charge in [0.25, 0.3) is 0 Å². The molecule has 3 nitrogen and oxygen atoms in total. The number of hydrogen-bond donors (Lipinski definition) is 2. The Labute approximate surface area is 81.6 Å². The molecule has 0 bridgehead atoms. The summed E-state index contributed by atoms with van der Waals surface area (Å²) in [5.74, 6) is 5.49. The fourth-order valence-corrected chi connectivity index (χ4v) is 1.95. The lowest BCUT2D eigenvalue weighted by Crippen LogP contribution is -2.59. The Morgan fingerprint density at radius 2 is 1.77 bits per heavy atom. The third-order valence-corrected chi connectivity index (χ3v) is 3.48. The number of nitrogens with two attached hydrogens (primary N) is 1. The molecule has 13 heavy (non-hydrogen) atoms. The van der Waals surface area contributed by atoms with Gasteiger partial charge in [0.05, 0.1) is 0 Å². The maximum Gasteiger partial charge on any atom is 0.0361 e. The van der Waals surface area contributed by atoms with Crippen molar-refractivity contribution in [3.63, 3.8) is 0 Å². The Hall–Kier alpha value is -0.120. The quantitative estimate of drug-likeness (QED) is 0.511. The number of hydrogen-bond acceptors (Lipinski definition) is 3. The summed E-state index contributed by atoms with van der Waals surface area (Å²) in [7, 11) is 0. The molecular formula is C10H23N3. The van der Waals surface area contributed by atoms with Gasteiger partial charge >= 0.3 is 0 Å². The van der Waals surface area contributed by atoms with Crippen LogP contribution in [0.3, 0.4) is 0 Å². The van der Waals surface area contributed by atoms with Crippen LogP contribution >= 0.6 is 0 Å². The summed E-state index contributed by atoms with van der Waals surface area (Å²) >= 11 is 0. The van der Waals surface area contributed by atoms with E-state index in [0.717, 1.165) is 0 Å². The fraction of sp³-hybridized carbons (Fsp3) is 1.00. The third-order valence-electron chi connectivity index (χ3n) is 3.48. The molecule has 1 rings (SSSR count). The van der Waals surface area contributed by atoms with Crippen LogP contribution in [0.2, 0.25) is 0 Å². The largest absolute Gasteiger partial charge is 0.297 e. The van der Waals surface area contributed by atoms with E-state index in [4.69, 9.17) is 5.84 Å². The van der Waals surface area contributed by atoms with Gasteiger partial charge in [-0.25, -0.2) is 0 Å².